The molecule has 0 atom stereocenters. The average molecular weight is 232 g/mol. The lowest BCUT2D eigenvalue weighted by Crippen LogP contribution is -2.10. The van der Waals surface area contributed by atoms with Crippen molar-refractivity contribution in [1.82, 2.24) is 4.98 Å². The van der Waals surface area contributed by atoms with E-state index < -0.39 is 12.6 Å². The van der Waals surface area contributed by atoms with Gasteiger partial charge in [0.2, 0.25) is 0 Å². The lowest BCUT2D eigenvalue weighted by Gasteiger charge is -2.04. The summed E-state index contributed by atoms with van der Waals surface area (Å²) in [5.74, 6) is 0.283. The molecule has 0 spiro atoms. The molecule has 6 heteroatoms. The number of fused-ring (bicyclic) bond motifs is 1. The van der Waals surface area contributed by atoms with Crippen LogP contribution >= 0.6 is 11.3 Å². The zero-order chi connectivity index (χ0) is 11.1. The van der Waals surface area contributed by atoms with Gasteiger partial charge in [-0.05, 0) is 17.0 Å². The van der Waals surface area contributed by atoms with Crippen LogP contribution in [0.4, 0.5) is 19.0 Å². The van der Waals surface area contributed by atoms with Crippen molar-refractivity contribution in [3.8, 4) is 0 Å². The molecule has 2 aromatic rings. The predicted molar refractivity (Wildman–Crippen MR) is 53.8 cm³/mol. The second kappa shape index (κ2) is 3.37. The highest BCUT2D eigenvalue weighted by Crippen LogP contribution is 2.33. The number of pyridine rings is 1. The molecule has 0 aliphatic rings. The zero-order valence-corrected chi connectivity index (χ0v) is 8.32. The fourth-order valence-electron chi connectivity index (χ4n) is 1.39. The Bertz CT molecular complexity index is 490. The SMILES string of the molecule is Nc1nccc2c(CC(F)(F)F)csc12. The highest BCUT2D eigenvalue weighted by molar-refractivity contribution is 7.18. The summed E-state index contributed by atoms with van der Waals surface area (Å²) >= 11 is 1.19. The fourth-order valence-corrected chi connectivity index (χ4v) is 2.36. The van der Waals surface area contributed by atoms with Gasteiger partial charge >= 0.3 is 6.18 Å². The molecule has 0 aliphatic heterocycles. The molecule has 0 saturated carbocycles. The van der Waals surface area contributed by atoms with Gasteiger partial charge in [0.25, 0.3) is 0 Å². The molecule has 0 radical (unpaired) electrons. The first kappa shape index (κ1) is 10.2. The number of nitrogens with zero attached hydrogens (tertiary/aromatic N) is 1. The first-order chi connectivity index (χ1) is 6.97. The molecule has 0 fully saturated rings. The molecular formula is C9H7F3N2S. The van der Waals surface area contributed by atoms with Crippen molar-refractivity contribution in [1.29, 1.82) is 0 Å². The molecule has 0 unspecified atom stereocenters. The summed E-state index contributed by atoms with van der Waals surface area (Å²) in [5, 5.41) is 2.03. The predicted octanol–water partition coefficient (Wildman–Crippen LogP) is 2.98. The van der Waals surface area contributed by atoms with Crippen molar-refractivity contribution in [2.24, 2.45) is 0 Å². The first-order valence-corrected chi connectivity index (χ1v) is 5.02. The standard InChI is InChI=1S/C9H7F3N2S/c10-9(11,12)3-5-4-15-7-6(5)1-2-14-8(7)13/h1-2,4H,3H2,(H2,13,14). The fraction of sp³-hybridized carbons (Fsp3) is 0.222. The number of anilines is 1. The van der Waals surface area contributed by atoms with Gasteiger partial charge in [0.1, 0.15) is 5.82 Å². The van der Waals surface area contributed by atoms with Crippen molar-refractivity contribution in [3.63, 3.8) is 0 Å². The number of hydrogen-bond donors (Lipinski definition) is 1. The molecule has 2 nitrogen and oxygen atoms in total. The second-order valence-corrected chi connectivity index (χ2v) is 4.01. The van der Waals surface area contributed by atoms with E-state index in [1.54, 1.807) is 6.07 Å². The van der Waals surface area contributed by atoms with E-state index in [0.29, 0.717) is 10.1 Å². The number of nitrogen functional groups attached to an aromatic ring is 1. The molecule has 2 N–H and O–H groups in total. The van der Waals surface area contributed by atoms with Gasteiger partial charge in [-0.1, -0.05) is 0 Å². The van der Waals surface area contributed by atoms with Crippen molar-refractivity contribution in [2.75, 3.05) is 5.73 Å². The van der Waals surface area contributed by atoms with Crippen LogP contribution in [0.2, 0.25) is 0 Å². The van der Waals surface area contributed by atoms with Crippen LogP contribution in [-0.2, 0) is 6.42 Å². The van der Waals surface area contributed by atoms with Gasteiger partial charge in [-0.25, -0.2) is 4.98 Å². The van der Waals surface area contributed by atoms with Crippen molar-refractivity contribution in [3.05, 3.63) is 23.2 Å². The maximum Gasteiger partial charge on any atom is 0.393 e. The first-order valence-electron chi connectivity index (χ1n) is 4.15. The van der Waals surface area contributed by atoms with Crippen molar-refractivity contribution < 1.29 is 13.2 Å². The molecule has 2 heterocycles. The second-order valence-electron chi connectivity index (χ2n) is 3.13. The van der Waals surface area contributed by atoms with E-state index >= 15 is 0 Å². The summed E-state index contributed by atoms with van der Waals surface area (Å²) in [6, 6.07) is 1.56. The molecule has 0 aromatic carbocycles. The van der Waals surface area contributed by atoms with Crippen molar-refractivity contribution >= 4 is 27.2 Å². The normalized spacial score (nSPS) is 12.2. The summed E-state index contributed by atoms with van der Waals surface area (Å²) in [6.45, 7) is 0. The number of rotatable bonds is 1. The van der Waals surface area contributed by atoms with E-state index in [0.717, 1.165) is 0 Å². The topological polar surface area (TPSA) is 38.9 Å². The minimum absolute atomic E-state index is 0.261. The Hall–Kier alpha value is -1.30. The van der Waals surface area contributed by atoms with E-state index in [1.807, 2.05) is 0 Å². The molecule has 2 aromatic heterocycles. The van der Waals surface area contributed by atoms with Crippen LogP contribution in [0.5, 0.6) is 0 Å². The number of halogens is 3. The monoisotopic (exact) mass is 232 g/mol. The summed E-state index contributed by atoms with van der Waals surface area (Å²) in [7, 11) is 0. The third-order valence-corrected chi connectivity index (χ3v) is 3.06. The number of thiophene rings is 1. The minimum Gasteiger partial charge on any atom is -0.383 e. The van der Waals surface area contributed by atoms with E-state index in [9.17, 15) is 13.2 Å². The van der Waals surface area contributed by atoms with E-state index in [2.05, 4.69) is 4.98 Å². The van der Waals surface area contributed by atoms with Crippen LogP contribution < -0.4 is 5.73 Å². The Morgan fingerprint density at radius 3 is 2.80 bits per heavy atom. The lowest BCUT2D eigenvalue weighted by molar-refractivity contribution is -0.126. The van der Waals surface area contributed by atoms with Crippen molar-refractivity contribution in [2.45, 2.75) is 12.6 Å². The average Bonchev–Trinajstić information content (AvgIpc) is 2.48. The van der Waals surface area contributed by atoms with Gasteiger partial charge in [0.05, 0.1) is 11.1 Å². The van der Waals surface area contributed by atoms with Gasteiger partial charge in [0.15, 0.2) is 0 Å². The third kappa shape index (κ3) is 2.04. The summed E-state index contributed by atoms with van der Waals surface area (Å²) in [6.07, 6.45) is -3.69. The third-order valence-electron chi connectivity index (χ3n) is 1.99. The lowest BCUT2D eigenvalue weighted by atomic mass is 10.1. The summed E-state index contributed by atoms with van der Waals surface area (Å²) in [4.78, 5) is 3.82. The molecular weight excluding hydrogens is 225 g/mol. The van der Waals surface area contributed by atoms with E-state index in [-0.39, 0.29) is 11.4 Å². The van der Waals surface area contributed by atoms with Crippen LogP contribution in [0.3, 0.4) is 0 Å². The molecule has 0 saturated heterocycles. The Balaban J connectivity index is 2.50. The van der Waals surface area contributed by atoms with Crippen LogP contribution in [0.1, 0.15) is 5.56 Å². The largest absolute Gasteiger partial charge is 0.393 e. The smallest absolute Gasteiger partial charge is 0.383 e. The Morgan fingerprint density at radius 2 is 2.13 bits per heavy atom. The van der Waals surface area contributed by atoms with Crippen LogP contribution in [0.15, 0.2) is 17.6 Å². The van der Waals surface area contributed by atoms with Gasteiger partial charge in [-0.3, -0.25) is 0 Å². The Labute approximate surface area is 87.5 Å². The number of hydrogen-bond acceptors (Lipinski definition) is 3. The number of aromatic nitrogens is 1. The highest BCUT2D eigenvalue weighted by Gasteiger charge is 2.29. The number of nitrogens with two attached hydrogens (primary N) is 1. The summed E-state index contributed by atoms with van der Waals surface area (Å²) < 4.78 is 37.2. The van der Waals surface area contributed by atoms with E-state index in [1.165, 1.54) is 22.9 Å². The molecule has 0 bridgehead atoms. The Morgan fingerprint density at radius 1 is 1.40 bits per heavy atom. The zero-order valence-electron chi connectivity index (χ0n) is 7.51. The maximum absolute atomic E-state index is 12.2. The van der Waals surface area contributed by atoms with Gasteiger partial charge in [0, 0.05) is 11.6 Å². The van der Waals surface area contributed by atoms with Crippen LogP contribution in [-0.4, -0.2) is 11.2 Å². The maximum atomic E-state index is 12.2. The van der Waals surface area contributed by atoms with E-state index in [4.69, 9.17) is 5.73 Å². The number of alkyl halides is 3. The van der Waals surface area contributed by atoms with Gasteiger partial charge in [-0.15, -0.1) is 11.3 Å². The minimum atomic E-state index is -4.19. The summed E-state index contributed by atoms with van der Waals surface area (Å²) in [5.41, 5.74) is 5.81. The van der Waals surface area contributed by atoms with Gasteiger partial charge < -0.3 is 5.73 Å². The van der Waals surface area contributed by atoms with Gasteiger partial charge in [-0.2, -0.15) is 13.2 Å². The highest BCUT2D eigenvalue weighted by atomic mass is 32.1. The quantitative estimate of drug-likeness (QED) is 0.820. The Kier molecular flexibility index (Phi) is 2.30. The van der Waals surface area contributed by atoms with Crippen LogP contribution in [0.25, 0.3) is 10.1 Å². The van der Waals surface area contributed by atoms with Crippen LogP contribution in [0, 0.1) is 0 Å². The molecule has 15 heavy (non-hydrogen) atoms. The molecule has 2 rings (SSSR count). The molecule has 0 amide bonds. The molecule has 80 valence electrons. The molecule has 0 aliphatic carbocycles.